The molecule has 0 aliphatic rings. The van der Waals surface area contributed by atoms with Crippen LogP contribution in [0.15, 0.2) is 52.3 Å². The Kier molecular flexibility index (Phi) is 7.03. The normalized spacial score (nSPS) is 12.4. The highest BCUT2D eigenvalue weighted by molar-refractivity contribution is 7.91. The summed E-state index contributed by atoms with van der Waals surface area (Å²) >= 11 is 1.22. The van der Waals surface area contributed by atoms with Gasteiger partial charge in [-0.3, -0.25) is 9.69 Å². The number of carbonyl (C=O) groups excluding carboxylic acids is 1. The van der Waals surface area contributed by atoms with E-state index in [0.717, 1.165) is 6.26 Å². The van der Waals surface area contributed by atoms with Gasteiger partial charge in [0.2, 0.25) is 0 Å². The molecule has 0 N–H and O–H groups in total. The molecule has 0 atom stereocenters. The third kappa shape index (κ3) is 5.34. The number of anilines is 1. The number of aromatic nitrogens is 1. The van der Waals surface area contributed by atoms with Crippen molar-refractivity contribution in [2.75, 3.05) is 44.1 Å². The number of fused-ring (bicyclic) bond motifs is 1. The zero-order chi connectivity index (χ0) is 23.7. The lowest BCUT2D eigenvalue weighted by Crippen LogP contribution is -2.36. The van der Waals surface area contributed by atoms with E-state index in [9.17, 15) is 21.6 Å². The predicted octanol–water partition coefficient (Wildman–Crippen LogP) is 2.70. The first kappa shape index (κ1) is 24.3. The number of carbonyl (C=O) groups is 1. The van der Waals surface area contributed by atoms with Crippen molar-refractivity contribution in [3.05, 3.63) is 48.0 Å². The lowest BCUT2D eigenvalue weighted by Gasteiger charge is -2.22. The molecule has 0 aliphatic heterocycles. The maximum atomic E-state index is 13.4. The van der Waals surface area contributed by atoms with E-state index in [1.54, 1.807) is 31.2 Å². The molecular formula is C21H25N3O5S3. The molecule has 3 aromatic rings. The van der Waals surface area contributed by atoms with Gasteiger partial charge >= 0.3 is 0 Å². The second-order valence-electron chi connectivity index (χ2n) is 7.59. The highest BCUT2D eigenvalue weighted by Gasteiger charge is 2.23. The van der Waals surface area contributed by atoms with Crippen LogP contribution in [0.4, 0.5) is 5.13 Å². The Balaban J connectivity index is 2.05. The van der Waals surface area contributed by atoms with Gasteiger partial charge in [-0.25, -0.2) is 21.8 Å². The minimum Gasteiger partial charge on any atom is -0.308 e. The van der Waals surface area contributed by atoms with E-state index in [-0.39, 0.29) is 27.0 Å². The van der Waals surface area contributed by atoms with Crippen molar-refractivity contribution < 1.29 is 21.6 Å². The summed E-state index contributed by atoms with van der Waals surface area (Å²) in [5, 5.41) is 0.418. The maximum Gasteiger partial charge on any atom is 0.260 e. The van der Waals surface area contributed by atoms with Crippen LogP contribution in [0.25, 0.3) is 10.2 Å². The second-order valence-corrected chi connectivity index (χ2v) is 12.9. The number of likely N-dealkylation sites (N-methyl/N-ethyl adjacent to an activating group) is 1. The van der Waals surface area contributed by atoms with Gasteiger partial charge in [0.25, 0.3) is 5.91 Å². The fourth-order valence-electron chi connectivity index (χ4n) is 2.97. The van der Waals surface area contributed by atoms with Crippen LogP contribution in [0.5, 0.6) is 0 Å². The van der Waals surface area contributed by atoms with E-state index >= 15 is 0 Å². The van der Waals surface area contributed by atoms with Crippen LogP contribution >= 0.6 is 11.3 Å². The minimum atomic E-state index is -3.46. The Morgan fingerprint density at radius 3 is 2.34 bits per heavy atom. The van der Waals surface area contributed by atoms with Crippen LogP contribution in [-0.4, -0.2) is 71.8 Å². The molecule has 2 aromatic carbocycles. The first-order chi connectivity index (χ1) is 14.9. The van der Waals surface area contributed by atoms with Gasteiger partial charge in [-0.15, -0.1) is 0 Å². The van der Waals surface area contributed by atoms with Crippen molar-refractivity contribution in [3.63, 3.8) is 0 Å². The molecule has 1 heterocycles. The van der Waals surface area contributed by atoms with E-state index in [4.69, 9.17) is 0 Å². The molecule has 0 spiro atoms. The third-order valence-corrected chi connectivity index (χ3v) is 8.73. The van der Waals surface area contributed by atoms with Gasteiger partial charge in [0.1, 0.15) is 0 Å². The maximum absolute atomic E-state index is 13.4. The van der Waals surface area contributed by atoms with Crippen LogP contribution in [0.1, 0.15) is 17.3 Å². The number of amides is 1. The molecule has 0 saturated heterocycles. The Bertz CT molecular complexity index is 1360. The average molecular weight is 496 g/mol. The number of hydrogen-bond donors (Lipinski definition) is 0. The van der Waals surface area contributed by atoms with Crippen LogP contribution < -0.4 is 4.90 Å². The van der Waals surface area contributed by atoms with Crippen molar-refractivity contribution >= 4 is 52.3 Å². The van der Waals surface area contributed by atoms with Gasteiger partial charge in [0, 0.05) is 24.9 Å². The van der Waals surface area contributed by atoms with Crippen LogP contribution in [0, 0.1) is 0 Å². The van der Waals surface area contributed by atoms with Crippen molar-refractivity contribution in [2.45, 2.75) is 16.7 Å². The summed E-state index contributed by atoms with van der Waals surface area (Å²) in [6.45, 7) is 2.44. The average Bonchev–Trinajstić information content (AvgIpc) is 3.16. The smallest absolute Gasteiger partial charge is 0.260 e. The summed E-state index contributed by atoms with van der Waals surface area (Å²) in [7, 11) is -3.07. The Labute approximate surface area is 192 Å². The van der Waals surface area contributed by atoms with E-state index < -0.39 is 19.7 Å². The number of thiazole rings is 1. The summed E-state index contributed by atoms with van der Waals surface area (Å²) in [4.78, 5) is 21.7. The molecular weight excluding hydrogens is 470 g/mol. The second kappa shape index (κ2) is 9.26. The number of hydrogen-bond acceptors (Lipinski definition) is 8. The lowest BCUT2D eigenvalue weighted by atomic mass is 10.2. The highest BCUT2D eigenvalue weighted by Crippen LogP contribution is 2.31. The number of benzene rings is 2. The van der Waals surface area contributed by atoms with Crippen LogP contribution in [0.3, 0.4) is 0 Å². The molecule has 172 valence electrons. The standard InChI is InChI=1S/C21H25N3O5S3/c1-5-32(28,29)17-8-6-7-15(13-17)20(25)24(12-11-23(2)3)21-22-18-10-9-16(31(4,26)27)14-19(18)30-21/h6-10,13-14H,5,11-12H2,1-4H3. The molecule has 11 heteroatoms. The van der Waals surface area contributed by atoms with Gasteiger partial charge in [-0.1, -0.05) is 24.3 Å². The molecule has 0 aliphatic carbocycles. The SMILES string of the molecule is CCS(=O)(=O)c1cccc(C(=O)N(CCN(C)C)c2nc3ccc(S(C)(=O)=O)cc3s2)c1. The fourth-order valence-corrected chi connectivity index (χ4v) is 5.64. The quantitative estimate of drug-likeness (QED) is 0.473. The first-order valence-electron chi connectivity index (χ1n) is 9.82. The molecule has 1 aromatic heterocycles. The van der Waals surface area contributed by atoms with Crippen molar-refractivity contribution in [3.8, 4) is 0 Å². The number of nitrogens with zero attached hydrogens (tertiary/aromatic N) is 3. The van der Waals surface area contributed by atoms with Crippen molar-refractivity contribution in [1.82, 2.24) is 9.88 Å². The monoisotopic (exact) mass is 495 g/mol. The van der Waals surface area contributed by atoms with E-state index in [2.05, 4.69) is 4.98 Å². The summed E-state index contributed by atoms with van der Waals surface area (Å²) in [5.74, 6) is -0.433. The molecule has 1 amide bonds. The van der Waals surface area contributed by atoms with Gasteiger partial charge in [-0.2, -0.15) is 0 Å². The highest BCUT2D eigenvalue weighted by atomic mass is 32.2. The zero-order valence-corrected chi connectivity index (χ0v) is 20.7. The molecule has 0 unspecified atom stereocenters. The molecule has 0 fully saturated rings. The Morgan fingerprint density at radius 2 is 1.72 bits per heavy atom. The van der Waals surface area contributed by atoms with Gasteiger partial charge in [0.05, 0.1) is 25.8 Å². The fraction of sp³-hybridized carbons (Fsp3) is 0.333. The van der Waals surface area contributed by atoms with E-state index in [0.29, 0.717) is 28.4 Å². The summed E-state index contributed by atoms with van der Waals surface area (Å²) in [6, 6.07) is 10.7. The molecule has 32 heavy (non-hydrogen) atoms. The van der Waals surface area contributed by atoms with Gasteiger partial charge in [-0.05, 0) is 50.5 Å². The zero-order valence-electron chi connectivity index (χ0n) is 18.3. The van der Waals surface area contributed by atoms with Crippen molar-refractivity contribution in [1.29, 1.82) is 0 Å². The molecule has 3 rings (SSSR count). The van der Waals surface area contributed by atoms with Crippen molar-refractivity contribution in [2.24, 2.45) is 0 Å². The molecule has 8 nitrogen and oxygen atoms in total. The largest absolute Gasteiger partial charge is 0.308 e. The van der Waals surface area contributed by atoms with Crippen LogP contribution in [0.2, 0.25) is 0 Å². The summed E-state index contributed by atoms with van der Waals surface area (Å²) in [6.07, 6.45) is 1.14. The Hall–Kier alpha value is -2.34. The predicted molar refractivity (Wildman–Crippen MR) is 127 cm³/mol. The molecule has 0 saturated carbocycles. The number of sulfone groups is 2. The van der Waals surface area contributed by atoms with E-state index in [1.165, 1.54) is 34.4 Å². The van der Waals surface area contributed by atoms with Gasteiger partial charge < -0.3 is 4.90 Å². The topological polar surface area (TPSA) is 105 Å². The molecule has 0 radical (unpaired) electrons. The van der Waals surface area contributed by atoms with Gasteiger partial charge in [0.15, 0.2) is 24.8 Å². The van der Waals surface area contributed by atoms with E-state index in [1.807, 2.05) is 19.0 Å². The summed E-state index contributed by atoms with van der Waals surface area (Å²) in [5.41, 5.74) is 0.830. The minimum absolute atomic E-state index is 0.0600. The van der Waals surface area contributed by atoms with Crippen LogP contribution in [-0.2, 0) is 19.7 Å². The third-order valence-electron chi connectivity index (χ3n) is 4.84. The number of rotatable bonds is 8. The molecule has 0 bridgehead atoms. The summed E-state index contributed by atoms with van der Waals surface area (Å²) < 4.78 is 49.0. The first-order valence-corrected chi connectivity index (χ1v) is 14.2. The lowest BCUT2D eigenvalue weighted by molar-refractivity contribution is 0.0985. The Morgan fingerprint density at radius 1 is 1.00 bits per heavy atom.